The lowest BCUT2D eigenvalue weighted by atomic mass is 10.1. The maximum Gasteiger partial charge on any atom is 0.191 e. The highest BCUT2D eigenvalue weighted by molar-refractivity contribution is 14.0. The predicted octanol–water partition coefficient (Wildman–Crippen LogP) is 1.32. The molecule has 3 N–H and O–H groups in total. The number of aliphatic hydroxyl groups excluding tert-OH is 1. The van der Waals surface area contributed by atoms with Gasteiger partial charge < -0.3 is 20.5 Å². The van der Waals surface area contributed by atoms with E-state index in [-0.39, 0.29) is 24.0 Å². The maximum atomic E-state index is 10.0. The van der Waals surface area contributed by atoms with Gasteiger partial charge in [-0.1, -0.05) is 0 Å². The zero-order chi connectivity index (χ0) is 14.6. The van der Waals surface area contributed by atoms with Crippen LogP contribution in [0.5, 0.6) is 0 Å². The largest absolute Gasteiger partial charge is 0.386 e. The van der Waals surface area contributed by atoms with Crippen LogP contribution >= 0.6 is 24.0 Å². The molecule has 0 aromatic carbocycles. The number of halogens is 1. The summed E-state index contributed by atoms with van der Waals surface area (Å²) in [6.45, 7) is 4.59. The van der Waals surface area contributed by atoms with E-state index in [1.807, 2.05) is 6.92 Å². The van der Waals surface area contributed by atoms with Crippen LogP contribution < -0.4 is 10.6 Å². The quantitative estimate of drug-likeness (QED) is 0.262. The SMILES string of the molecule is CCNC(=NCC(O)c1ccncc1)NCCCOC.I. The lowest BCUT2D eigenvalue weighted by molar-refractivity contribution is 0.187. The number of aliphatic hydroxyl groups is 1. The van der Waals surface area contributed by atoms with E-state index in [4.69, 9.17) is 4.74 Å². The van der Waals surface area contributed by atoms with Crippen LogP contribution in [0.1, 0.15) is 25.0 Å². The van der Waals surface area contributed by atoms with E-state index in [1.165, 1.54) is 0 Å². The standard InChI is InChI=1S/C14H24N4O2.HI/c1-3-16-14(17-7-4-10-20-2)18-11-13(19)12-5-8-15-9-6-12;/h5-6,8-9,13,19H,3-4,7,10-11H2,1-2H3,(H2,16,17,18);1H. The summed E-state index contributed by atoms with van der Waals surface area (Å²) < 4.78 is 4.99. The van der Waals surface area contributed by atoms with Gasteiger partial charge in [0, 0.05) is 39.2 Å². The topological polar surface area (TPSA) is 78.8 Å². The Hall–Kier alpha value is -0.930. The summed E-state index contributed by atoms with van der Waals surface area (Å²) in [6, 6.07) is 3.58. The molecule has 0 saturated heterocycles. The second-order valence-electron chi connectivity index (χ2n) is 4.29. The fourth-order valence-electron chi connectivity index (χ4n) is 1.63. The summed E-state index contributed by atoms with van der Waals surface area (Å²) >= 11 is 0. The summed E-state index contributed by atoms with van der Waals surface area (Å²) in [6.07, 6.45) is 3.62. The highest BCUT2D eigenvalue weighted by Crippen LogP contribution is 2.10. The third-order valence-corrected chi connectivity index (χ3v) is 2.68. The number of nitrogens with zero attached hydrogens (tertiary/aromatic N) is 2. The molecule has 0 radical (unpaired) electrons. The molecule has 1 heterocycles. The summed E-state index contributed by atoms with van der Waals surface area (Å²) in [4.78, 5) is 8.30. The molecule has 1 rings (SSSR count). The first-order chi connectivity index (χ1) is 9.77. The minimum Gasteiger partial charge on any atom is -0.386 e. The Morgan fingerprint density at radius 1 is 1.38 bits per heavy atom. The van der Waals surface area contributed by atoms with Gasteiger partial charge in [0.1, 0.15) is 0 Å². The van der Waals surface area contributed by atoms with E-state index in [0.29, 0.717) is 19.1 Å². The molecule has 120 valence electrons. The molecule has 0 saturated carbocycles. The molecule has 0 aliphatic heterocycles. The highest BCUT2D eigenvalue weighted by Gasteiger charge is 2.06. The maximum absolute atomic E-state index is 10.0. The van der Waals surface area contributed by atoms with E-state index in [9.17, 15) is 5.11 Å². The third-order valence-electron chi connectivity index (χ3n) is 2.68. The molecular formula is C14H25IN4O2. The zero-order valence-electron chi connectivity index (χ0n) is 12.6. The normalized spacial score (nSPS) is 12.4. The highest BCUT2D eigenvalue weighted by atomic mass is 127. The Morgan fingerprint density at radius 3 is 2.71 bits per heavy atom. The molecule has 6 nitrogen and oxygen atoms in total. The van der Waals surface area contributed by atoms with Crippen LogP contribution in [0, 0.1) is 0 Å². The van der Waals surface area contributed by atoms with Gasteiger partial charge in [-0.05, 0) is 31.0 Å². The number of hydrogen-bond donors (Lipinski definition) is 3. The van der Waals surface area contributed by atoms with Gasteiger partial charge >= 0.3 is 0 Å². The van der Waals surface area contributed by atoms with Crippen LogP contribution in [0.15, 0.2) is 29.5 Å². The van der Waals surface area contributed by atoms with Crippen molar-refractivity contribution >= 4 is 29.9 Å². The van der Waals surface area contributed by atoms with Crippen molar-refractivity contribution in [3.8, 4) is 0 Å². The summed E-state index contributed by atoms with van der Waals surface area (Å²) in [5.74, 6) is 0.705. The average molecular weight is 408 g/mol. The van der Waals surface area contributed by atoms with Crippen molar-refractivity contribution in [1.82, 2.24) is 15.6 Å². The van der Waals surface area contributed by atoms with Gasteiger partial charge in [-0.25, -0.2) is 0 Å². The number of ether oxygens (including phenoxy) is 1. The van der Waals surface area contributed by atoms with Crippen molar-refractivity contribution in [2.45, 2.75) is 19.4 Å². The van der Waals surface area contributed by atoms with E-state index in [0.717, 1.165) is 25.1 Å². The predicted molar refractivity (Wildman–Crippen MR) is 95.1 cm³/mol. The molecule has 0 spiro atoms. The van der Waals surface area contributed by atoms with Crippen LogP contribution in [0.2, 0.25) is 0 Å². The summed E-state index contributed by atoms with van der Waals surface area (Å²) in [5.41, 5.74) is 0.819. The van der Waals surface area contributed by atoms with Crippen molar-refractivity contribution in [3.63, 3.8) is 0 Å². The van der Waals surface area contributed by atoms with E-state index in [1.54, 1.807) is 31.6 Å². The number of methoxy groups -OCH3 is 1. The molecular weight excluding hydrogens is 383 g/mol. The van der Waals surface area contributed by atoms with Crippen LogP contribution in [-0.2, 0) is 4.74 Å². The number of hydrogen-bond acceptors (Lipinski definition) is 4. The van der Waals surface area contributed by atoms with Gasteiger partial charge in [0.15, 0.2) is 5.96 Å². The van der Waals surface area contributed by atoms with Crippen molar-refractivity contribution in [2.75, 3.05) is 33.4 Å². The van der Waals surface area contributed by atoms with Gasteiger partial charge in [-0.15, -0.1) is 24.0 Å². The lowest BCUT2D eigenvalue weighted by Crippen LogP contribution is -2.38. The van der Waals surface area contributed by atoms with Gasteiger partial charge in [-0.2, -0.15) is 0 Å². The molecule has 0 aliphatic carbocycles. The Balaban J connectivity index is 0.00000400. The van der Waals surface area contributed by atoms with Crippen molar-refractivity contribution in [3.05, 3.63) is 30.1 Å². The van der Waals surface area contributed by atoms with Crippen molar-refractivity contribution in [2.24, 2.45) is 4.99 Å². The van der Waals surface area contributed by atoms with E-state index in [2.05, 4.69) is 20.6 Å². The second-order valence-corrected chi connectivity index (χ2v) is 4.29. The molecule has 0 fully saturated rings. The minimum atomic E-state index is -0.618. The molecule has 0 amide bonds. The second kappa shape index (κ2) is 12.8. The first-order valence-electron chi connectivity index (χ1n) is 6.87. The van der Waals surface area contributed by atoms with Crippen LogP contribution in [-0.4, -0.2) is 49.4 Å². The Morgan fingerprint density at radius 2 is 2.10 bits per heavy atom. The number of aliphatic imine (C=N–C) groups is 1. The molecule has 1 unspecified atom stereocenters. The Kier molecular flexibility index (Phi) is 12.2. The van der Waals surface area contributed by atoms with Crippen LogP contribution in [0.3, 0.4) is 0 Å². The average Bonchev–Trinajstić information content (AvgIpc) is 2.49. The van der Waals surface area contributed by atoms with Gasteiger partial charge in [0.05, 0.1) is 12.6 Å². The number of guanidine groups is 1. The smallest absolute Gasteiger partial charge is 0.191 e. The Bertz CT molecular complexity index is 390. The summed E-state index contributed by atoms with van der Waals surface area (Å²) in [5, 5.41) is 16.4. The van der Waals surface area contributed by atoms with Gasteiger partial charge in [0.25, 0.3) is 0 Å². The zero-order valence-corrected chi connectivity index (χ0v) is 14.9. The number of rotatable bonds is 8. The third kappa shape index (κ3) is 8.84. The van der Waals surface area contributed by atoms with Crippen molar-refractivity contribution in [1.29, 1.82) is 0 Å². The molecule has 1 aromatic rings. The number of nitrogens with one attached hydrogen (secondary N) is 2. The van der Waals surface area contributed by atoms with Gasteiger partial charge in [-0.3, -0.25) is 9.98 Å². The fraction of sp³-hybridized carbons (Fsp3) is 0.571. The van der Waals surface area contributed by atoms with Crippen LogP contribution in [0.25, 0.3) is 0 Å². The van der Waals surface area contributed by atoms with Gasteiger partial charge in [0.2, 0.25) is 0 Å². The molecule has 0 aliphatic rings. The molecule has 21 heavy (non-hydrogen) atoms. The monoisotopic (exact) mass is 408 g/mol. The minimum absolute atomic E-state index is 0. The van der Waals surface area contributed by atoms with E-state index >= 15 is 0 Å². The van der Waals surface area contributed by atoms with Crippen LogP contribution in [0.4, 0.5) is 0 Å². The molecule has 7 heteroatoms. The molecule has 1 atom stereocenters. The summed E-state index contributed by atoms with van der Waals surface area (Å²) in [7, 11) is 1.68. The van der Waals surface area contributed by atoms with E-state index < -0.39 is 6.10 Å². The number of pyridine rings is 1. The first-order valence-corrected chi connectivity index (χ1v) is 6.87. The first kappa shape index (κ1) is 20.1. The number of aromatic nitrogens is 1. The fourth-order valence-corrected chi connectivity index (χ4v) is 1.63. The van der Waals surface area contributed by atoms with Crippen molar-refractivity contribution < 1.29 is 9.84 Å². The molecule has 0 bridgehead atoms. The molecule has 1 aromatic heterocycles. The Labute approximate surface area is 143 Å². The lowest BCUT2D eigenvalue weighted by Gasteiger charge is -2.13.